The molecule has 0 radical (unpaired) electrons. The molecule has 0 saturated carbocycles. The minimum Gasteiger partial charge on any atom is -0.454 e. The van der Waals surface area contributed by atoms with Crippen LogP contribution in [0.5, 0.6) is 11.5 Å². The summed E-state index contributed by atoms with van der Waals surface area (Å²) in [6, 6.07) is 9.68. The van der Waals surface area contributed by atoms with Gasteiger partial charge >= 0.3 is 0 Å². The van der Waals surface area contributed by atoms with Crippen molar-refractivity contribution < 1.29 is 9.47 Å². The van der Waals surface area contributed by atoms with Gasteiger partial charge in [-0.3, -0.25) is 4.90 Å². The number of benzene rings is 2. The monoisotopic (exact) mass is 307 g/mol. The van der Waals surface area contributed by atoms with Crippen molar-refractivity contribution >= 4 is 0 Å². The van der Waals surface area contributed by atoms with Crippen LogP contribution in [0.2, 0.25) is 0 Å². The Labute approximate surface area is 136 Å². The summed E-state index contributed by atoms with van der Waals surface area (Å²) in [6.07, 6.45) is 1.08. The highest BCUT2D eigenvalue weighted by Gasteiger charge is 2.38. The summed E-state index contributed by atoms with van der Waals surface area (Å²) in [5.74, 6) is 2.24. The van der Waals surface area contributed by atoms with Gasteiger partial charge in [-0.25, -0.2) is 0 Å². The lowest BCUT2D eigenvalue weighted by Crippen LogP contribution is -2.33. The van der Waals surface area contributed by atoms with E-state index in [-0.39, 0.29) is 0 Å². The van der Waals surface area contributed by atoms with E-state index in [0.29, 0.717) is 18.8 Å². The maximum absolute atomic E-state index is 5.63. The molecule has 0 N–H and O–H groups in total. The molecule has 0 saturated heterocycles. The molecule has 2 aromatic rings. The Morgan fingerprint density at radius 1 is 0.913 bits per heavy atom. The number of fused-ring (bicyclic) bond motifs is 2. The third-order valence-electron chi connectivity index (χ3n) is 5.86. The number of rotatable bonds is 0. The number of hydrogen-bond acceptors (Lipinski definition) is 3. The molecule has 1 aliphatic carbocycles. The fraction of sp³-hybridized carbons (Fsp3) is 0.400. The van der Waals surface area contributed by atoms with Crippen LogP contribution < -0.4 is 9.47 Å². The van der Waals surface area contributed by atoms with Gasteiger partial charge < -0.3 is 9.47 Å². The summed E-state index contributed by atoms with van der Waals surface area (Å²) in [5.41, 5.74) is 8.63. The molecule has 3 aliphatic heterocycles. The summed E-state index contributed by atoms with van der Waals surface area (Å²) < 4.78 is 11.3. The molecule has 3 heterocycles. The first-order valence-electron chi connectivity index (χ1n) is 8.35. The van der Waals surface area contributed by atoms with Crippen molar-refractivity contribution in [3.63, 3.8) is 0 Å². The van der Waals surface area contributed by atoms with Crippen molar-refractivity contribution in [2.45, 2.75) is 32.2 Å². The minimum absolute atomic E-state index is 0.346. The zero-order chi connectivity index (χ0) is 15.7. The molecule has 0 amide bonds. The van der Waals surface area contributed by atoms with Gasteiger partial charge in [-0.15, -0.1) is 0 Å². The van der Waals surface area contributed by atoms with Crippen LogP contribution in [0.1, 0.15) is 45.3 Å². The second-order valence-electron chi connectivity index (χ2n) is 7.18. The molecule has 3 nitrogen and oxygen atoms in total. The topological polar surface area (TPSA) is 21.7 Å². The van der Waals surface area contributed by atoms with E-state index in [9.17, 15) is 0 Å². The molecule has 0 fully saturated rings. The van der Waals surface area contributed by atoms with E-state index >= 15 is 0 Å². The SMILES string of the molecule is Cc1cc2c(cc1C)C1CN(C)C(C2)c2cc3c(cc21)OCO3. The zero-order valence-electron chi connectivity index (χ0n) is 13.8. The van der Waals surface area contributed by atoms with Crippen LogP contribution in [-0.2, 0) is 6.42 Å². The van der Waals surface area contributed by atoms with E-state index < -0.39 is 0 Å². The number of likely N-dealkylation sites (N-methyl/N-ethyl adjacent to an activating group) is 1. The summed E-state index contributed by atoms with van der Waals surface area (Å²) in [7, 11) is 2.25. The Balaban J connectivity index is 1.77. The van der Waals surface area contributed by atoms with Crippen molar-refractivity contribution in [3.05, 3.63) is 57.6 Å². The van der Waals surface area contributed by atoms with Gasteiger partial charge in [-0.1, -0.05) is 12.1 Å². The maximum atomic E-state index is 5.63. The predicted molar refractivity (Wildman–Crippen MR) is 89.4 cm³/mol. The smallest absolute Gasteiger partial charge is 0.231 e. The van der Waals surface area contributed by atoms with E-state index in [1.54, 1.807) is 0 Å². The van der Waals surface area contributed by atoms with Crippen molar-refractivity contribution in [3.8, 4) is 11.5 Å². The molecule has 23 heavy (non-hydrogen) atoms. The second-order valence-corrected chi connectivity index (χ2v) is 7.18. The van der Waals surface area contributed by atoms with Crippen molar-refractivity contribution in [1.29, 1.82) is 0 Å². The van der Waals surface area contributed by atoms with E-state index in [1.165, 1.54) is 33.4 Å². The van der Waals surface area contributed by atoms with Gasteiger partial charge in [0.15, 0.2) is 11.5 Å². The lowest BCUT2D eigenvalue weighted by molar-refractivity contribution is 0.174. The molecule has 3 heteroatoms. The first-order valence-corrected chi connectivity index (χ1v) is 8.35. The van der Waals surface area contributed by atoms with Gasteiger partial charge in [0, 0.05) is 18.5 Å². The van der Waals surface area contributed by atoms with E-state index in [0.717, 1.165) is 24.5 Å². The molecule has 2 bridgehead atoms. The van der Waals surface area contributed by atoms with Crippen molar-refractivity contribution in [1.82, 2.24) is 4.90 Å². The highest BCUT2D eigenvalue weighted by atomic mass is 16.7. The molecule has 2 aromatic carbocycles. The normalized spacial score (nSPS) is 24.3. The Bertz CT molecular complexity index is 827. The summed E-state index contributed by atoms with van der Waals surface area (Å²) in [5, 5.41) is 0. The number of hydrogen-bond donors (Lipinski definition) is 0. The molecule has 4 aliphatic rings. The fourth-order valence-electron chi connectivity index (χ4n) is 4.45. The maximum Gasteiger partial charge on any atom is 0.231 e. The van der Waals surface area contributed by atoms with E-state index in [1.807, 2.05) is 0 Å². The van der Waals surface area contributed by atoms with Crippen LogP contribution in [0.4, 0.5) is 0 Å². The summed E-state index contributed by atoms with van der Waals surface area (Å²) >= 11 is 0. The molecule has 2 unspecified atom stereocenters. The molecule has 0 spiro atoms. The third-order valence-corrected chi connectivity index (χ3v) is 5.86. The number of aryl methyl sites for hydroxylation is 2. The first kappa shape index (κ1) is 13.4. The molecule has 118 valence electrons. The Kier molecular flexibility index (Phi) is 2.64. The predicted octanol–water partition coefficient (Wildman–Crippen LogP) is 3.71. The van der Waals surface area contributed by atoms with Gasteiger partial charge in [-0.05, 0) is 72.8 Å². The van der Waals surface area contributed by atoms with Crippen LogP contribution in [0.3, 0.4) is 0 Å². The Morgan fingerprint density at radius 3 is 2.39 bits per heavy atom. The van der Waals surface area contributed by atoms with Gasteiger partial charge in [0.2, 0.25) is 6.79 Å². The molecule has 6 rings (SSSR count). The van der Waals surface area contributed by atoms with Gasteiger partial charge in [0.25, 0.3) is 0 Å². The zero-order valence-corrected chi connectivity index (χ0v) is 13.8. The summed E-state index contributed by atoms with van der Waals surface area (Å²) in [4.78, 5) is 2.50. The Morgan fingerprint density at radius 2 is 1.61 bits per heavy atom. The third kappa shape index (κ3) is 1.80. The van der Waals surface area contributed by atoms with E-state index in [4.69, 9.17) is 9.47 Å². The lowest BCUT2D eigenvalue weighted by atomic mass is 9.83. The second kappa shape index (κ2) is 4.51. The van der Waals surface area contributed by atoms with Gasteiger partial charge in [-0.2, -0.15) is 0 Å². The van der Waals surface area contributed by atoms with Crippen molar-refractivity contribution in [2.24, 2.45) is 0 Å². The molecular formula is C20H21NO2. The minimum atomic E-state index is 0.346. The van der Waals surface area contributed by atoms with E-state index in [2.05, 4.69) is 50.1 Å². The number of ether oxygens (including phenoxy) is 2. The average molecular weight is 307 g/mol. The van der Waals surface area contributed by atoms with Crippen LogP contribution in [0.15, 0.2) is 24.3 Å². The average Bonchev–Trinajstić information content (AvgIpc) is 2.89. The van der Waals surface area contributed by atoms with Crippen LogP contribution in [-0.4, -0.2) is 25.3 Å². The van der Waals surface area contributed by atoms with Gasteiger partial charge in [0.05, 0.1) is 0 Å². The summed E-state index contributed by atoms with van der Waals surface area (Å²) in [6.45, 7) is 5.86. The van der Waals surface area contributed by atoms with Crippen LogP contribution >= 0.6 is 0 Å². The standard InChI is InChI=1S/C20H21NO2/c1-11-4-13-6-18-16-8-20-19(22-10-23-20)7-15(16)17(9-21(18)3)14(13)5-12(11)2/h4-5,7-8,17-18H,6,9-10H2,1-3H3. The molecule has 2 atom stereocenters. The van der Waals surface area contributed by atoms with Crippen LogP contribution in [0.25, 0.3) is 0 Å². The molecular weight excluding hydrogens is 286 g/mol. The number of nitrogens with zero attached hydrogens (tertiary/aromatic N) is 1. The highest BCUT2D eigenvalue weighted by molar-refractivity contribution is 5.57. The fourth-order valence-corrected chi connectivity index (χ4v) is 4.45. The quantitative estimate of drug-likeness (QED) is 0.740. The first-order chi connectivity index (χ1) is 11.1. The van der Waals surface area contributed by atoms with Crippen LogP contribution in [0, 0.1) is 13.8 Å². The Hall–Kier alpha value is -2.00. The highest BCUT2D eigenvalue weighted by Crippen LogP contribution is 2.49. The van der Waals surface area contributed by atoms with Gasteiger partial charge in [0.1, 0.15) is 0 Å². The van der Waals surface area contributed by atoms with Crippen molar-refractivity contribution in [2.75, 3.05) is 20.4 Å². The molecule has 0 aromatic heterocycles. The lowest BCUT2D eigenvalue weighted by Gasteiger charge is -2.36. The largest absolute Gasteiger partial charge is 0.454 e.